The summed E-state index contributed by atoms with van der Waals surface area (Å²) in [6.45, 7) is 0. The van der Waals surface area contributed by atoms with Gasteiger partial charge in [-0.25, -0.2) is 0 Å². The molecule has 2 rings (SSSR count). The summed E-state index contributed by atoms with van der Waals surface area (Å²) in [4.78, 5) is 10.4. The Hall–Kier alpha value is -0.570. The molecule has 2 fully saturated rings. The van der Waals surface area contributed by atoms with E-state index in [2.05, 4.69) is 0 Å². The molecule has 2 aliphatic carbocycles. The van der Waals surface area contributed by atoms with Gasteiger partial charge in [-0.15, -0.1) is 0 Å². The molecule has 2 unspecified atom stereocenters. The number of aliphatic carboxylic acids is 1. The van der Waals surface area contributed by atoms with Crippen molar-refractivity contribution in [1.29, 1.82) is 0 Å². The van der Waals surface area contributed by atoms with Gasteiger partial charge in [0.2, 0.25) is 0 Å². The van der Waals surface area contributed by atoms with Gasteiger partial charge in [-0.2, -0.15) is 0 Å². The number of rotatable bonds is 3. The van der Waals surface area contributed by atoms with Crippen LogP contribution >= 0.6 is 0 Å². The summed E-state index contributed by atoms with van der Waals surface area (Å²) in [7, 11) is 0. The van der Waals surface area contributed by atoms with Gasteiger partial charge in [0.05, 0.1) is 6.42 Å². The molecule has 0 aromatic rings. The van der Waals surface area contributed by atoms with Crippen molar-refractivity contribution in [3.8, 4) is 0 Å². The molecule has 0 heterocycles. The highest BCUT2D eigenvalue weighted by atomic mass is 16.4. The first-order valence-electron chi connectivity index (χ1n) is 4.64. The lowest BCUT2D eigenvalue weighted by Crippen LogP contribution is -2.31. The lowest BCUT2D eigenvalue weighted by molar-refractivity contribution is -0.137. The second kappa shape index (κ2) is 2.73. The maximum absolute atomic E-state index is 10.4. The van der Waals surface area contributed by atoms with Crippen LogP contribution in [0.25, 0.3) is 0 Å². The van der Waals surface area contributed by atoms with Crippen molar-refractivity contribution in [1.82, 2.24) is 0 Å². The van der Waals surface area contributed by atoms with E-state index in [4.69, 9.17) is 10.8 Å². The van der Waals surface area contributed by atoms with Gasteiger partial charge in [-0.05, 0) is 37.0 Å². The summed E-state index contributed by atoms with van der Waals surface area (Å²) in [5.41, 5.74) is 5.78. The number of fused-ring (bicyclic) bond motifs is 1. The van der Waals surface area contributed by atoms with Crippen LogP contribution in [0.4, 0.5) is 0 Å². The Morgan fingerprint density at radius 3 is 2.50 bits per heavy atom. The van der Waals surface area contributed by atoms with Crippen LogP contribution in [-0.4, -0.2) is 17.1 Å². The summed E-state index contributed by atoms with van der Waals surface area (Å²) in [6, 6.07) is -0.102. The third-order valence-corrected chi connectivity index (χ3v) is 3.30. The molecule has 3 nitrogen and oxygen atoms in total. The Morgan fingerprint density at radius 1 is 1.42 bits per heavy atom. The molecule has 0 aromatic carbocycles. The molecule has 3 heteroatoms. The van der Waals surface area contributed by atoms with E-state index in [9.17, 15) is 4.79 Å². The highest BCUT2D eigenvalue weighted by molar-refractivity contribution is 5.67. The van der Waals surface area contributed by atoms with Crippen molar-refractivity contribution in [2.75, 3.05) is 0 Å². The monoisotopic (exact) mass is 169 g/mol. The Kier molecular flexibility index (Phi) is 1.83. The summed E-state index contributed by atoms with van der Waals surface area (Å²) in [6.07, 6.45) is 3.87. The fraction of sp³-hybridized carbons (Fsp3) is 0.889. The van der Waals surface area contributed by atoms with Crippen LogP contribution in [0, 0.1) is 17.8 Å². The Morgan fingerprint density at radius 2 is 2.00 bits per heavy atom. The average Bonchev–Trinajstić information content (AvgIpc) is 2.57. The Bertz CT molecular complexity index is 195. The minimum absolute atomic E-state index is 0.102. The first-order valence-corrected chi connectivity index (χ1v) is 4.64. The van der Waals surface area contributed by atoms with Gasteiger partial charge in [-0.3, -0.25) is 4.79 Å². The van der Waals surface area contributed by atoms with E-state index in [0.29, 0.717) is 5.92 Å². The third kappa shape index (κ3) is 1.46. The zero-order chi connectivity index (χ0) is 8.72. The van der Waals surface area contributed by atoms with Crippen LogP contribution in [0.2, 0.25) is 0 Å². The van der Waals surface area contributed by atoms with Crippen molar-refractivity contribution >= 4 is 5.97 Å². The summed E-state index contributed by atoms with van der Waals surface area (Å²) < 4.78 is 0. The number of hydrogen-bond acceptors (Lipinski definition) is 2. The highest BCUT2D eigenvalue weighted by Gasteiger charge is 2.47. The molecule has 0 saturated heterocycles. The fourth-order valence-corrected chi connectivity index (χ4v) is 2.48. The molecule has 0 radical (unpaired) electrons. The third-order valence-electron chi connectivity index (χ3n) is 3.30. The molecule has 3 atom stereocenters. The molecule has 0 aromatic heterocycles. The predicted octanol–water partition coefficient (Wildman–Crippen LogP) is 0.834. The zero-order valence-electron chi connectivity index (χ0n) is 7.07. The molecule has 2 aliphatic rings. The first kappa shape index (κ1) is 8.05. The van der Waals surface area contributed by atoms with Gasteiger partial charge < -0.3 is 10.8 Å². The van der Waals surface area contributed by atoms with Gasteiger partial charge in [-0.1, -0.05) is 0 Å². The molecule has 2 saturated carbocycles. The van der Waals surface area contributed by atoms with Crippen molar-refractivity contribution in [3.05, 3.63) is 0 Å². The SMILES string of the molecule is N[C@H](CC(=O)O)C1CC2CC2C1. The number of carbonyl (C=O) groups is 1. The van der Waals surface area contributed by atoms with Crippen molar-refractivity contribution in [2.45, 2.75) is 31.7 Å². The maximum atomic E-state index is 10.4. The highest BCUT2D eigenvalue weighted by Crippen LogP contribution is 2.55. The molecule has 0 amide bonds. The summed E-state index contributed by atoms with van der Waals surface area (Å²) >= 11 is 0. The summed E-state index contributed by atoms with van der Waals surface area (Å²) in [5, 5.41) is 8.54. The van der Waals surface area contributed by atoms with Gasteiger partial charge in [0.25, 0.3) is 0 Å². The topological polar surface area (TPSA) is 63.3 Å². The molecular weight excluding hydrogens is 154 g/mol. The van der Waals surface area contributed by atoms with Crippen LogP contribution in [0.3, 0.4) is 0 Å². The molecule has 12 heavy (non-hydrogen) atoms. The standard InChI is InChI=1S/C9H15NO2/c10-8(4-9(11)12)7-2-5-1-6(5)3-7/h5-8H,1-4,10H2,(H,11,12)/t5?,6?,7?,8-/m1/s1. The molecule has 0 spiro atoms. The lowest BCUT2D eigenvalue weighted by Gasteiger charge is -2.18. The van der Waals surface area contributed by atoms with E-state index in [1.165, 1.54) is 19.3 Å². The van der Waals surface area contributed by atoms with Crippen LogP contribution in [-0.2, 0) is 4.79 Å². The smallest absolute Gasteiger partial charge is 0.304 e. The second-order valence-corrected chi connectivity index (χ2v) is 4.25. The van der Waals surface area contributed by atoms with Gasteiger partial charge in [0.1, 0.15) is 0 Å². The first-order chi connectivity index (χ1) is 5.66. The van der Waals surface area contributed by atoms with E-state index >= 15 is 0 Å². The van der Waals surface area contributed by atoms with Crippen LogP contribution in [0.15, 0.2) is 0 Å². The molecule has 0 aliphatic heterocycles. The van der Waals surface area contributed by atoms with Gasteiger partial charge in [0.15, 0.2) is 0 Å². The van der Waals surface area contributed by atoms with Crippen molar-refractivity contribution in [3.63, 3.8) is 0 Å². The molecule has 3 N–H and O–H groups in total. The van der Waals surface area contributed by atoms with Gasteiger partial charge >= 0.3 is 5.97 Å². The quantitative estimate of drug-likeness (QED) is 0.658. The number of hydrogen-bond donors (Lipinski definition) is 2. The van der Waals surface area contributed by atoms with Gasteiger partial charge in [0, 0.05) is 6.04 Å². The molecule has 68 valence electrons. The zero-order valence-corrected chi connectivity index (χ0v) is 7.07. The lowest BCUT2D eigenvalue weighted by atomic mass is 9.93. The average molecular weight is 169 g/mol. The van der Waals surface area contributed by atoms with Crippen LogP contribution < -0.4 is 5.73 Å². The van der Waals surface area contributed by atoms with E-state index in [-0.39, 0.29) is 12.5 Å². The predicted molar refractivity (Wildman–Crippen MR) is 44.5 cm³/mol. The van der Waals surface area contributed by atoms with Crippen molar-refractivity contribution in [2.24, 2.45) is 23.5 Å². The van der Waals surface area contributed by atoms with Crippen LogP contribution in [0.1, 0.15) is 25.7 Å². The molecular formula is C9H15NO2. The number of nitrogens with two attached hydrogens (primary N) is 1. The minimum atomic E-state index is -0.761. The largest absolute Gasteiger partial charge is 0.481 e. The second-order valence-electron chi connectivity index (χ2n) is 4.25. The maximum Gasteiger partial charge on any atom is 0.304 e. The number of carboxylic acid groups (broad SMARTS) is 1. The molecule has 0 bridgehead atoms. The van der Waals surface area contributed by atoms with Crippen molar-refractivity contribution < 1.29 is 9.90 Å². The normalized spacial score (nSPS) is 40.6. The van der Waals surface area contributed by atoms with E-state index in [1.807, 2.05) is 0 Å². The van der Waals surface area contributed by atoms with E-state index in [0.717, 1.165) is 11.8 Å². The minimum Gasteiger partial charge on any atom is -0.481 e. The van der Waals surface area contributed by atoms with E-state index in [1.54, 1.807) is 0 Å². The number of carboxylic acids is 1. The summed E-state index contributed by atoms with van der Waals surface area (Å²) in [5.74, 6) is 1.53. The van der Waals surface area contributed by atoms with E-state index < -0.39 is 5.97 Å². The Labute approximate surface area is 71.9 Å². The van der Waals surface area contributed by atoms with Crippen LogP contribution in [0.5, 0.6) is 0 Å². The fourth-order valence-electron chi connectivity index (χ4n) is 2.48. The Balaban J connectivity index is 1.80.